The van der Waals surface area contributed by atoms with Crippen LogP contribution in [0.5, 0.6) is 28.7 Å². The van der Waals surface area contributed by atoms with Gasteiger partial charge in [0.15, 0.2) is 28.6 Å². The Morgan fingerprint density at radius 3 is 1.98 bits per heavy atom. The quantitative estimate of drug-likeness (QED) is 0.212. The number of hydrogen-bond acceptors (Lipinski definition) is 11. The smallest absolute Gasteiger partial charge is 0.256 e. The van der Waals surface area contributed by atoms with E-state index in [0.717, 1.165) is 10.9 Å². The van der Waals surface area contributed by atoms with Crippen LogP contribution in [0, 0.1) is 6.92 Å². The number of anilines is 1. The first-order chi connectivity index (χ1) is 25.2. The summed E-state index contributed by atoms with van der Waals surface area (Å²) in [5.41, 5.74) is 3.13. The predicted molar refractivity (Wildman–Crippen MR) is 195 cm³/mol. The second-order valence-corrected chi connectivity index (χ2v) is 12.0. The first-order valence-corrected chi connectivity index (χ1v) is 16.5. The van der Waals surface area contributed by atoms with Crippen LogP contribution in [-0.2, 0) is 6.54 Å². The minimum atomic E-state index is -0.275. The largest absolute Gasteiger partial charge is 0.493 e. The van der Waals surface area contributed by atoms with Gasteiger partial charge in [-0.1, -0.05) is 6.07 Å². The van der Waals surface area contributed by atoms with Crippen LogP contribution in [0.3, 0.4) is 0 Å². The number of aromatic nitrogens is 3. The van der Waals surface area contributed by atoms with Crippen molar-refractivity contribution in [2.45, 2.75) is 13.5 Å². The molecule has 0 spiro atoms. The Morgan fingerprint density at radius 1 is 0.712 bits per heavy atom. The molecule has 3 aromatic carbocycles. The third-order valence-electron chi connectivity index (χ3n) is 8.98. The van der Waals surface area contributed by atoms with Crippen LogP contribution in [0.2, 0.25) is 0 Å². The molecule has 1 aliphatic heterocycles. The number of carbonyl (C=O) groups is 2. The van der Waals surface area contributed by atoms with E-state index < -0.39 is 0 Å². The zero-order valence-electron chi connectivity index (χ0n) is 29.9. The number of hydrogen-bond donors (Lipinski definition) is 1. The SMILES string of the molecule is COc1ccc(CNC(=O)c2ccc(-n3c(=O)ccc4c(C)nc(N5CCN(C(=O)c6cc(OC)c(OC)c(OC)c6)CC5)nc43)cc2)cc1OC. The fraction of sp³-hybridized carbons (Fsp3) is 0.289. The van der Waals surface area contributed by atoms with Crippen molar-refractivity contribution in [1.82, 2.24) is 24.8 Å². The number of benzene rings is 3. The summed E-state index contributed by atoms with van der Waals surface area (Å²) in [6, 6.07) is 18.7. The molecular weight excluding hydrogens is 668 g/mol. The third kappa shape index (κ3) is 6.99. The molecule has 0 radical (unpaired) electrons. The molecule has 0 aliphatic carbocycles. The normalized spacial score (nSPS) is 12.7. The van der Waals surface area contributed by atoms with Crippen LogP contribution in [0.15, 0.2) is 71.5 Å². The highest BCUT2D eigenvalue weighted by Gasteiger charge is 2.27. The number of nitrogens with zero attached hydrogens (tertiary/aromatic N) is 5. The van der Waals surface area contributed by atoms with E-state index in [1.54, 1.807) is 67.7 Å². The Hall–Kier alpha value is -6.31. The van der Waals surface area contributed by atoms with Gasteiger partial charge in [-0.3, -0.25) is 19.0 Å². The lowest BCUT2D eigenvalue weighted by molar-refractivity contribution is 0.0745. The van der Waals surface area contributed by atoms with E-state index in [-0.39, 0.29) is 23.9 Å². The summed E-state index contributed by atoms with van der Waals surface area (Å²) in [5.74, 6) is 2.42. The van der Waals surface area contributed by atoms with E-state index in [9.17, 15) is 14.4 Å². The molecule has 3 heterocycles. The van der Waals surface area contributed by atoms with Gasteiger partial charge in [0, 0.05) is 55.3 Å². The van der Waals surface area contributed by atoms with E-state index in [4.69, 9.17) is 33.7 Å². The first kappa shape index (κ1) is 35.5. The van der Waals surface area contributed by atoms with E-state index in [1.165, 1.54) is 32.0 Å². The van der Waals surface area contributed by atoms with Crippen molar-refractivity contribution in [2.75, 3.05) is 66.6 Å². The summed E-state index contributed by atoms with van der Waals surface area (Å²) < 4.78 is 28.4. The van der Waals surface area contributed by atoms with Gasteiger partial charge >= 0.3 is 0 Å². The van der Waals surface area contributed by atoms with Gasteiger partial charge in [-0.2, -0.15) is 4.98 Å². The fourth-order valence-corrected chi connectivity index (χ4v) is 6.18. The van der Waals surface area contributed by atoms with Gasteiger partial charge < -0.3 is 38.8 Å². The van der Waals surface area contributed by atoms with Gasteiger partial charge in [0.1, 0.15) is 0 Å². The van der Waals surface area contributed by atoms with Crippen molar-refractivity contribution in [1.29, 1.82) is 0 Å². The van der Waals surface area contributed by atoms with Crippen LogP contribution in [0.4, 0.5) is 5.95 Å². The number of pyridine rings is 1. The predicted octanol–water partition coefficient (Wildman–Crippen LogP) is 4.02. The summed E-state index contributed by atoms with van der Waals surface area (Å²) in [6.45, 7) is 3.96. The fourth-order valence-electron chi connectivity index (χ4n) is 6.18. The number of methoxy groups -OCH3 is 5. The Bertz CT molecular complexity index is 2150. The monoisotopic (exact) mass is 708 g/mol. The molecule has 52 heavy (non-hydrogen) atoms. The Balaban J connectivity index is 1.19. The molecule has 1 aliphatic rings. The van der Waals surface area contributed by atoms with Gasteiger partial charge in [0.25, 0.3) is 17.4 Å². The Labute approximate surface area is 300 Å². The summed E-state index contributed by atoms with van der Waals surface area (Å²) in [4.78, 5) is 53.2. The lowest BCUT2D eigenvalue weighted by atomic mass is 10.1. The van der Waals surface area contributed by atoms with Gasteiger partial charge in [-0.15, -0.1) is 0 Å². The van der Waals surface area contributed by atoms with Crippen molar-refractivity contribution < 1.29 is 33.3 Å². The average molecular weight is 709 g/mol. The molecule has 0 bridgehead atoms. The van der Waals surface area contributed by atoms with Gasteiger partial charge in [-0.25, -0.2) is 4.98 Å². The van der Waals surface area contributed by atoms with E-state index in [2.05, 4.69) is 5.32 Å². The molecule has 6 rings (SSSR count). The van der Waals surface area contributed by atoms with Gasteiger partial charge in [-0.05, 0) is 67.1 Å². The molecule has 0 unspecified atom stereocenters. The van der Waals surface area contributed by atoms with Crippen molar-refractivity contribution in [3.8, 4) is 34.4 Å². The molecule has 2 amide bonds. The van der Waals surface area contributed by atoms with Crippen LogP contribution in [0.25, 0.3) is 16.7 Å². The van der Waals surface area contributed by atoms with Crippen molar-refractivity contribution in [3.63, 3.8) is 0 Å². The number of rotatable bonds is 11. The molecule has 0 saturated carbocycles. The van der Waals surface area contributed by atoms with E-state index in [1.807, 2.05) is 24.0 Å². The van der Waals surface area contributed by atoms with Crippen molar-refractivity contribution >= 4 is 28.8 Å². The molecule has 5 aromatic rings. The van der Waals surface area contributed by atoms with Gasteiger partial charge in [0.2, 0.25) is 11.7 Å². The summed E-state index contributed by atoms with van der Waals surface area (Å²) >= 11 is 0. The van der Waals surface area contributed by atoms with Gasteiger partial charge in [0.05, 0.1) is 46.9 Å². The van der Waals surface area contributed by atoms with E-state index in [0.29, 0.717) is 89.0 Å². The number of nitrogens with one attached hydrogen (secondary N) is 1. The number of carbonyl (C=O) groups excluding carboxylic acids is 2. The second kappa shape index (κ2) is 15.3. The molecule has 14 nitrogen and oxygen atoms in total. The maximum Gasteiger partial charge on any atom is 0.256 e. The number of fused-ring (bicyclic) bond motifs is 1. The maximum atomic E-state index is 13.5. The zero-order chi connectivity index (χ0) is 36.9. The summed E-state index contributed by atoms with van der Waals surface area (Å²) in [5, 5.41) is 3.64. The maximum absolute atomic E-state index is 13.5. The average Bonchev–Trinajstić information content (AvgIpc) is 3.18. The number of ether oxygens (including phenoxy) is 5. The first-order valence-electron chi connectivity index (χ1n) is 16.5. The molecule has 1 fully saturated rings. The molecule has 0 atom stereocenters. The number of piperazine rings is 1. The Morgan fingerprint density at radius 2 is 1.37 bits per heavy atom. The van der Waals surface area contributed by atoms with Crippen molar-refractivity contribution in [3.05, 3.63) is 99.5 Å². The number of amides is 2. The lowest BCUT2D eigenvalue weighted by Crippen LogP contribution is -2.49. The molecule has 14 heteroatoms. The van der Waals surface area contributed by atoms with Crippen LogP contribution < -0.4 is 39.5 Å². The van der Waals surface area contributed by atoms with Crippen LogP contribution in [-0.4, -0.2) is 93.0 Å². The van der Waals surface area contributed by atoms with Crippen LogP contribution in [0.1, 0.15) is 32.0 Å². The summed E-state index contributed by atoms with van der Waals surface area (Å²) in [6.07, 6.45) is 0. The minimum Gasteiger partial charge on any atom is -0.493 e. The standard InChI is InChI=1S/C38H40N6O8/c1-23-28-12-14-33(45)44(27-10-8-25(9-11-27)36(46)39-22-24-7-13-29(48-2)30(19-24)49-3)35(28)41-38(40-23)43-17-15-42(16-18-43)37(47)26-20-31(50-4)34(52-6)32(21-26)51-5/h7-14,19-21H,15-18,22H2,1-6H3,(H,39,46). The van der Waals surface area contributed by atoms with Crippen molar-refractivity contribution in [2.24, 2.45) is 0 Å². The zero-order valence-corrected chi connectivity index (χ0v) is 29.9. The number of aryl methyl sites for hydroxylation is 1. The highest BCUT2D eigenvalue weighted by Crippen LogP contribution is 2.38. The topological polar surface area (TPSA) is 147 Å². The minimum absolute atomic E-state index is 0.165. The molecular formula is C38H40N6O8. The molecule has 270 valence electrons. The van der Waals surface area contributed by atoms with Crippen LogP contribution >= 0.6 is 0 Å². The summed E-state index contributed by atoms with van der Waals surface area (Å²) in [7, 11) is 7.65. The highest BCUT2D eigenvalue weighted by molar-refractivity contribution is 5.96. The third-order valence-corrected chi connectivity index (χ3v) is 8.98. The highest BCUT2D eigenvalue weighted by atomic mass is 16.5. The molecule has 1 saturated heterocycles. The second-order valence-electron chi connectivity index (χ2n) is 12.0. The lowest BCUT2D eigenvalue weighted by Gasteiger charge is -2.35. The Kier molecular flexibility index (Phi) is 10.4. The molecule has 1 N–H and O–H groups in total. The molecule has 2 aromatic heterocycles. The van der Waals surface area contributed by atoms with E-state index >= 15 is 0 Å².